The van der Waals surface area contributed by atoms with Gasteiger partial charge in [-0.1, -0.05) is 18.5 Å². The molecule has 1 aromatic heterocycles. The molecule has 0 aliphatic carbocycles. The van der Waals surface area contributed by atoms with Gasteiger partial charge >= 0.3 is 0 Å². The number of hydrogen-bond acceptors (Lipinski definition) is 5. The maximum Gasteiger partial charge on any atom is 0.256 e. The number of nitrogens with zero attached hydrogens (tertiary/aromatic N) is 6. The van der Waals surface area contributed by atoms with E-state index in [9.17, 15) is 9.18 Å². The van der Waals surface area contributed by atoms with Crippen LogP contribution in [0.15, 0.2) is 18.2 Å². The van der Waals surface area contributed by atoms with Crippen molar-refractivity contribution in [3.63, 3.8) is 0 Å². The van der Waals surface area contributed by atoms with Crippen molar-refractivity contribution in [3.8, 4) is 0 Å². The number of piperazine rings is 1. The Hall–Kier alpha value is -2.06. The molecule has 3 rings (SSSR count). The van der Waals surface area contributed by atoms with Crippen molar-refractivity contribution in [2.45, 2.75) is 26.4 Å². The van der Waals surface area contributed by atoms with E-state index in [0.29, 0.717) is 37.7 Å². The van der Waals surface area contributed by atoms with E-state index in [1.807, 2.05) is 0 Å². The van der Waals surface area contributed by atoms with E-state index in [0.717, 1.165) is 18.8 Å². The van der Waals surface area contributed by atoms with E-state index in [-0.39, 0.29) is 11.5 Å². The number of rotatable bonds is 5. The van der Waals surface area contributed by atoms with E-state index >= 15 is 0 Å². The van der Waals surface area contributed by atoms with Gasteiger partial charge in [0.15, 0.2) is 5.82 Å². The number of aromatic nitrogens is 4. The highest BCUT2D eigenvalue weighted by atomic mass is 35.5. The summed E-state index contributed by atoms with van der Waals surface area (Å²) in [6, 6.07) is 4.04. The zero-order chi connectivity index (χ0) is 17.8. The fourth-order valence-electron chi connectivity index (χ4n) is 2.86. The van der Waals surface area contributed by atoms with Crippen LogP contribution in [-0.4, -0.2) is 62.1 Å². The van der Waals surface area contributed by atoms with Crippen LogP contribution in [0, 0.1) is 5.82 Å². The second-order valence-electron chi connectivity index (χ2n) is 6.01. The normalized spacial score (nSPS) is 15.6. The number of halogens is 2. The lowest BCUT2D eigenvalue weighted by Gasteiger charge is -2.34. The van der Waals surface area contributed by atoms with Crippen LogP contribution < -0.4 is 0 Å². The summed E-state index contributed by atoms with van der Waals surface area (Å²) < 4.78 is 15.7. The van der Waals surface area contributed by atoms with Crippen molar-refractivity contribution in [3.05, 3.63) is 40.4 Å². The number of aryl methyl sites for hydroxylation is 1. The SMILES string of the molecule is CCCn1nnnc1CN1CCN(C(=O)c2cc(Cl)ccc2F)CC1. The second kappa shape index (κ2) is 7.88. The van der Waals surface area contributed by atoms with Crippen LogP contribution in [0.25, 0.3) is 0 Å². The summed E-state index contributed by atoms with van der Waals surface area (Å²) in [6.07, 6.45) is 0.964. The van der Waals surface area contributed by atoms with Crippen LogP contribution in [0.1, 0.15) is 29.5 Å². The van der Waals surface area contributed by atoms with E-state index in [2.05, 4.69) is 27.3 Å². The lowest BCUT2D eigenvalue weighted by molar-refractivity contribution is 0.0619. The molecule has 25 heavy (non-hydrogen) atoms. The Balaban J connectivity index is 1.59. The molecule has 1 aliphatic heterocycles. The predicted molar refractivity (Wildman–Crippen MR) is 90.7 cm³/mol. The Morgan fingerprint density at radius 2 is 2.04 bits per heavy atom. The molecule has 134 valence electrons. The van der Waals surface area contributed by atoms with Gasteiger partial charge in [-0.05, 0) is 35.0 Å². The fraction of sp³-hybridized carbons (Fsp3) is 0.500. The summed E-state index contributed by atoms with van der Waals surface area (Å²) >= 11 is 5.88. The Bertz CT molecular complexity index is 744. The summed E-state index contributed by atoms with van der Waals surface area (Å²) in [5.74, 6) is -0.0476. The van der Waals surface area contributed by atoms with Gasteiger partial charge in [0.2, 0.25) is 0 Å². The molecule has 0 radical (unpaired) electrons. The molecule has 0 bridgehead atoms. The molecule has 0 spiro atoms. The van der Waals surface area contributed by atoms with E-state index in [1.54, 1.807) is 9.58 Å². The lowest BCUT2D eigenvalue weighted by Crippen LogP contribution is -2.48. The van der Waals surface area contributed by atoms with Gasteiger partial charge in [-0.2, -0.15) is 0 Å². The van der Waals surface area contributed by atoms with Crippen molar-refractivity contribution in [2.24, 2.45) is 0 Å². The number of carbonyl (C=O) groups is 1. The van der Waals surface area contributed by atoms with Gasteiger partial charge in [-0.25, -0.2) is 9.07 Å². The largest absolute Gasteiger partial charge is 0.336 e. The lowest BCUT2D eigenvalue weighted by atomic mass is 10.1. The molecule has 0 unspecified atom stereocenters. The molecule has 0 N–H and O–H groups in total. The standard InChI is InChI=1S/C16H20ClFN6O/c1-2-5-24-15(19-20-21-24)11-22-6-8-23(9-7-22)16(25)13-10-12(17)3-4-14(13)18/h3-4,10H,2,5-9,11H2,1H3. The van der Waals surface area contributed by atoms with Crippen molar-refractivity contribution in [2.75, 3.05) is 26.2 Å². The summed E-state index contributed by atoms with van der Waals surface area (Å²) in [5.41, 5.74) is 0.0211. The van der Waals surface area contributed by atoms with Gasteiger partial charge in [0, 0.05) is 37.7 Å². The van der Waals surface area contributed by atoms with Crippen molar-refractivity contribution in [1.29, 1.82) is 0 Å². The summed E-state index contributed by atoms with van der Waals surface area (Å²) in [7, 11) is 0. The van der Waals surface area contributed by atoms with E-state index < -0.39 is 5.82 Å². The number of tetrazole rings is 1. The third-order valence-corrected chi connectivity index (χ3v) is 4.46. The third-order valence-electron chi connectivity index (χ3n) is 4.22. The molecule has 0 saturated carbocycles. The maximum absolute atomic E-state index is 13.9. The molecule has 2 heterocycles. The molecule has 0 atom stereocenters. The third kappa shape index (κ3) is 4.13. The summed E-state index contributed by atoms with van der Waals surface area (Å²) in [5, 5.41) is 12.1. The van der Waals surface area contributed by atoms with Gasteiger partial charge < -0.3 is 4.90 Å². The first kappa shape index (κ1) is 17.8. The summed E-state index contributed by atoms with van der Waals surface area (Å²) in [6.45, 7) is 5.93. The molecular weight excluding hydrogens is 347 g/mol. The van der Waals surface area contributed by atoms with Crippen LogP contribution in [0.5, 0.6) is 0 Å². The van der Waals surface area contributed by atoms with Crippen molar-refractivity contribution >= 4 is 17.5 Å². The molecule has 7 nitrogen and oxygen atoms in total. The molecule has 1 amide bonds. The minimum absolute atomic E-state index is 0.0211. The van der Waals surface area contributed by atoms with Gasteiger partial charge in [0.25, 0.3) is 5.91 Å². The number of amides is 1. The fourth-order valence-corrected chi connectivity index (χ4v) is 3.03. The topological polar surface area (TPSA) is 67.2 Å². The van der Waals surface area contributed by atoms with Crippen LogP contribution in [0.2, 0.25) is 5.02 Å². The molecule has 1 aromatic carbocycles. The zero-order valence-electron chi connectivity index (χ0n) is 14.0. The highest BCUT2D eigenvalue weighted by Gasteiger charge is 2.25. The van der Waals surface area contributed by atoms with E-state index in [1.165, 1.54) is 18.2 Å². The van der Waals surface area contributed by atoms with Gasteiger partial charge in [-0.15, -0.1) is 5.10 Å². The number of hydrogen-bond donors (Lipinski definition) is 0. The first-order valence-electron chi connectivity index (χ1n) is 8.30. The average molecular weight is 367 g/mol. The molecular formula is C16H20ClFN6O. The minimum atomic E-state index is -0.546. The molecule has 2 aromatic rings. The predicted octanol–water partition coefficient (Wildman–Crippen LogP) is 1.83. The Morgan fingerprint density at radius 1 is 1.28 bits per heavy atom. The van der Waals surface area contributed by atoms with Crippen molar-refractivity contribution in [1.82, 2.24) is 30.0 Å². The monoisotopic (exact) mass is 366 g/mol. The van der Waals surface area contributed by atoms with Gasteiger partial charge in [-0.3, -0.25) is 9.69 Å². The van der Waals surface area contributed by atoms with Gasteiger partial charge in [0.1, 0.15) is 5.82 Å². The van der Waals surface area contributed by atoms with Crippen LogP contribution in [0.3, 0.4) is 0 Å². The molecule has 1 aliphatic rings. The highest BCUT2D eigenvalue weighted by Crippen LogP contribution is 2.18. The zero-order valence-corrected chi connectivity index (χ0v) is 14.8. The quantitative estimate of drug-likeness (QED) is 0.807. The first-order chi connectivity index (χ1) is 12.1. The van der Waals surface area contributed by atoms with Crippen LogP contribution in [-0.2, 0) is 13.1 Å². The van der Waals surface area contributed by atoms with Crippen molar-refractivity contribution < 1.29 is 9.18 Å². The first-order valence-corrected chi connectivity index (χ1v) is 8.68. The Morgan fingerprint density at radius 3 is 2.76 bits per heavy atom. The van der Waals surface area contributed by atoms with Gasteiger partial charge in [0.05, 0.1) is 12.1 Å². The van der Waals surface area contributed by atoms with Crippen LogP contribution in [0.4, 0.5) is 4.39 Å². The second-order valence-corrected chi connectivity index (χ2v) is 6.45. The number of benzene rings is 1. The minimum Gasteiger partial charge on any atom is -0.336 e. The Kier molecular flexibility index (Phi) is 5.60. The average Bonchev–Trinajstić information content (AvgIpc) is 3.04. The number of carbonyl (C=O) groups excluding carboxylic acids is 1. The highest BCUT2D eigenvalue weighted by molar-refractivity contribution is 6.31. The molecule has 1 saturated heterocycles. The smallest absolute Gasteiger partial charge is 0.256 e. The maximum atomic E-state index is 13.9. The molecule has 9 heteroatoms. The Labute approximate surface area is 150 Å². The molecule has 1 fully saturated rings. The van der Waals surface area contributed by atoms with Crippen LogP contribution >= 0.6 is 11.6 Å². The summed E-state index contributed by atoms with van der Waals surface area (Å²) in [4.78, 5) is 16.4. The van der Waals surface area contributed by atoms with E-state index in [4.69, 9.17) is 11.6 Å².